The van der Waals surface area contributed by atoms with Gasteiger partial charge in [-0.1, -0.05) is 42.0 Å². The smallest absolute Gasteiger partial charge is 0.187 e. The maximum absolute atomic E-state index is 12.5. The van der Waals surface area contributed by atoms with E-state index in [0.29, 0.717) is 23.4 Å². The van der Waals surface area contributed by atoms with Gasteiger partial charge in [-0.25, -0.2) is 4.85 Å². The SMILES string of the molecule is [C-]#[N+]c1cccc(CC(O)C2COc3ccccc3C2=O)c1. The number of hydrogen-bond acceptors (Lipinski definition) is 3. The Kier molecular flexibility index (Phi) is 3.90. The number of ketones is 1. The minimum absolute atomic E-state index is 0.0873. The van der Waals surface area contributed by atoms with Crippen LogP contribution in [0.25, 0.3) is 4.85 Å². The molecule has 1 aliphatic heterocycles. The number of rotatable bonds is 3. The van der Waals surface area contributed by atoms with Gasteiger partial charge in [-0.2, -0.15) is 0 Å². The summed E-state index contributed by atoms with van der Waals surface area (Å²) < 4.78 is 5.58. The zero-order valence-electron chi connectivity index (χ0n) is 11.9. The van der Waals surface area contributed by atoms with Crippen molar-refractivity contribution >= 4 is 11.5 Å². The molecule has 1 N–H and O–H groups in total. The molecule has 0 saturated heterocycles. The van der Waals surface area contributed by atoms with E-state index in [0.717, 1.165) is 5.56 Å². The van der Waals surface area contributed by atoms with Gasteiger partial charge in [0.2, 0.25) is 0 Å². The molecule has 3 rings (SSSR count). The largest absolute Gasteiger partial charge is 0.492 e. The fraction of sp³-hybridized carbons (Fsp3) is 0.222. The van der Waals surface area contributed by atoms with Crippen LogP contribution in [0.5, 0.6) is 5.75 Å². The Bertz CT molecular complexity index is 748. The lowest BCUT2D eigenvalue weighted by atomic mass is 9.87. The lowest BCUT2D eigenvalue weighted by Crippen LogP contribution is -2.38. The highest BCUT2D eigenvalue weighted by Gasteiger charge is 2.33. The summed E-state index contributed by atoms with van der Waals surface area (Å²) >= 11 is 0. The third kappa shape index (κ3) is 2.72. The molecule has 1 heterocycles. The van der Waals surface area contributed by atoms with Crippen LogP contribution in [0.1, 0.15) is 15.9 Å². The first-order valence-corrected chi connectivity index (χ1v) is 7.09. The van der Waals surface area contributed by atoms with Gasteiger partial charge < -0.3 is 9.84 Å². The highest BCUT2D eigenvalue weighted by molar-refractivity contribution is 6.01. The quantitative estimate of drug-likeness (QED) is 0.885. The number of ether oxygens (including phenoxy) is 1. The Morgan fingerprint density at radius 2 is 2.09 bits per heavy atom. The molecule has 4 heteroatoms. The Balaban J connectivity index is 1.77. The molecule has 0 spiro atoms. The van der Waals surface area contributed by atoms with Crippen molar-refractivity contribution in [2.75, 3.05) is 6.61 Å². The van der Waals surface area contributed by atoms with Crippen LogP contribution < -0.4 is 4.74 Å². The molecule has 2 aromatic rings. The van der Waals surface area contributed by atoms with Crippen molar-refractivity contribution in [3.05, 3.63) is 71.1 Å². The van der Waals surface area contributed by atoms with Crippen molar-refractivity contribution in [1.82, 2.24) is 0 Å². The molecular formula is C18H15NO3. The normalized spacial score (nSPS) is 18.0. The van der Waals surface area contributed by atoms with Crippen molar-refractivity contribution in [3.63, 3.8) is 0 Å². The Morgan fingerprint density at radius 1 is 1.27 bits per heavy atom. The van der Waals surface area contributed by atoms with Crippen LogP contribution in [0.3, 0.4) is 0 Å². The number of aliphatic hydroxyl groups is 1. The first kappa shape index (κ1) is 14.3. The number of hydrogen-bond donors (Lipinski definition) is 1. The summed E-state index contributed by atoms with van der Waals surface area (Å²) in [5.41, 5.74) is 1.89. The van der Waals surface area contributed by atoms with Gasteiger partial charge in [0, 0.05) is 0 Å². The zero-order chi connectivity index (χ0) is 15.5. The summed E-state index contributed by atoms with van der Waals surface area (Å²) in [4.78, 5) is 15.9. The number of benzene rings is 2. The van der Waals surface area contributed by atoms with Crippen LogP contribution in [0, 0.1) is 12.5 Å². The van der Waals surface area contributed by atoms with E-state index in [-0.39, 0.29) is 12.4 Å². The van der Waals surface area contributed by atoms with Crippen LogP contribution in [-0.4, -0.2) is 23.6 Å². The molecule has 0 amide bonds. The Hall–Kier alpha value is -2.64. The van der Waals surface area contributed by atoms with Crippen LogP contribution in [-0.2, 0) is 6.42 Å². The summed E-state index contributed by atoms with van der Waals surface area (Å²) in [6, 6.07) is 14.2. The average molecular weight is 293 g/mol. The van der Waals surface area contributed by atoms with E-state index in [4.69, 9.17) is 11.3 Å². The van der Waals surface area contributed by atoms with Gasteiger partial charge in [-0.15, -0.1) is 0 Å². The number of Topliss-reactive ketones (excluding diaryl/α,β-unsaturated/α-hetero) is 1. The first-order valence-electron chi connectivity index (χ1n) is 7.09. The standard InChI is InChI=1S/C18H15NO3/c1-19-13-6-4-5-12(9-13)10-16(20)15-11-22-17-8-3-2-7-14(17)18(15)21/h2-9,15-16,20H,10-11H2. The van der Waals surface area contributed by atoms with Crippen molar-refractivity contribution in [2.24, 2.45) is 5.92 Å². The number of fused-ring (bicyclic) bond motifs is 1. The van der Waals surface area contributed by atoms with Gasteiger partial charge in [-0.05, 0) is 18.6 Å². The maximum atomic E-state index is 12.5. The number of aliphatic hydroxyl groups excluding tert-OH is 1. The average Bonchev–Trinajstić information content (AvgIpc) is 2.55. The monoisotopic (exact) mass is 293 g/mol. The molecule has 0 fully saturated rings. The first-order chi connectivity index (χ1) is 10.7. The molecule has 0 bridgehead atoms. The molecule has 1 aliphatic rings. The molecule has 2 unspecified atom stereocenters. The van der Waals surface area contributed by atoms with Gasteiger partial charge in [-0.3, -0.25) is 4.79 Å². The van der Waals surface area contributed by atoms with Crippen LogP contribution >= 0.6 is 0 Å². The second-order valence-corrected chi connectivity index (χ2v) is 5.33. The number of carbonyl (C=O) groups excluding carboxylic acids is 1. The third-order valence-electron chi connectivity index (χ3n) is 3.86. The summed E-state index contributed by atoms with van der Waals surface area (Å²) in [6.07, 6.45) is -0.507. The molecule has 0 aromatic heterocycles. The van der Waals surface area contributed by atoms with Crippen molar-refractivity contribution < 1.29 is 14.6 Å². The molecule has 0 aliphatic carbocycles. The second kappa shape index (κ2) is 6.00. The summed E-state index contributed by atoms with van der Waals surface area (Å²) in [5.74, 6) is -0.0897. The van der Waals surface area contributed by atoms with E-state index in [1.165, 1.54) is 0 Å². The molecule has 2 aromatic carbocycles. The van der Waals surface area contributed by atoms with E-state index < -0.39 is 12.0 Å². The van der Waals surface area contributed by atoms with Gasteiger partial charge in [0.05, 0.1) is 24.2 Å². The van der Waals surface area contributed by atoms with E-state index in [1.54, 1.807) is 36.4 Å². The van der Waals surface area contributed by atoms with Gasteiger partial charge >= 0.3 is 0 Å². The summed E-state index contributed by atoms with van der Waals surface area (Å²) in [6.45, 7) is 7.20. The summed E-state index contributed by atoms with van der Waals surface area (Å²) in [7, 11) is 0. The Labute approximate surface area is 128 Å². The molecule has 2 atom stereocenters. The molecule has 0 radical (unpaired) electrons. The van der Waals surface area contributed by atoms with E-state index in [1.807, 2.05) is 12.1 Å². The third-order valence-corrected chi connectivity index (χ3v) is 3.86. The fourth-order valence-electron chi connectivity index (χ4n) is 2.67. The molecule has 4 nitrogen and oxygen atoms in total. The lowest BCUT2D eigenvalue weighted by Gasteiger charge is -2.27. The predicted molar refractivity (Wildman–Crippen MR) is 82.2 cm³/mol. The minimum Gasteiger partial charge on any atom is -0.492 e. The Morgan fingerprint density at radius 3 is 2.91 bits per heavy atom. The van der Waals surface area contributed by atoms with Crippen LogP contribution in [0.4, 0.5) is 5.69 Å². The van der Waals surface area contributed by atoms with Crippen molar-refractivity contribution in [2.45, 2.75) is 12.5 Å². The number of carbonyl (C=O) groups is 1. The lowest BCUT2D eigenvalue weighted by molar-refractivity contribution is 0.0486. The fourth-order valence-corrected chi connectivity index (χ4v) is 2.67. The summed E-state index contributed by atoms with van der Waals surface area (Å²) in [5, 5.41) is 10.4. The van der Waals surface area contributed by atoms with E-state index in [2.05, 4.69) is 4.85 Å². The topological polar surface area (TPSA) is 50.9 Å². The van der Waals surface area contributed by atoms with Crippen LogP contribution in [0.15, 0.2) is 48.5 Å². The van der Waals surface area contributed by atoms with Crippen molar-refractivity contribution in [3.8, 4) is 5.75 Å². The molecule has 22 heavy (non-hydrogen) atoms. The molecule has 110 valence electrons. The minimum atomic E-state index is -0.832. The number of para-hydroxylation sites is 1. The highest BCUT2D eigenvalue weighted by Crippen LogP contribution is 2.29. The van der Waals surface area contributed by atoms with Gasteiger partial charge in [0.1, 0.15) is 12.4 Å². The van der Waals surface area contributed by atoms with Gasteiger partial charge in [0.25, 0.3) is 0 Å². The van der Waals surface area contributed by atoms with Gasteiger partial charge in [0.15, 0.2) is 11.5 Å². The van der Waals surface area contributed by atoms with E-state index in [9.17, 15) is 9.90 Å². The second-order valence-electron chi connectivity index (χ2n) is 5.33. The predicted octanol–water partition coefficient (Wildman–Crippen LogP) is 3.03. The van der Waals surface area contributed by atoms with Crippen LogP contribution in [0.2, 0.25) is 0 Å². The maximum Gasteiger partial charge on any atom is 0.187 e. The van der Waals surface area contributed by atoms with Crippen molar-refractivity contribution in [1.29, 1.82) is 0 Å². The molecule has 0 saturated carbocycles. The zero-order valence-corrected chi connectivity index (χ0v) is 11.9. The highest BCUT2D eigenvalue weighted by atomic mass is 16.5. The number of nitrogens with zero attached hydrogens (tertiary/aromatic N) is 1. The molecular weight excluding hydrogens is 278 g/mol. The van der Waals surface area contributed by atoms with E-state index >= 15 is 0 Å².